The van der Waals surface area contributed by atoms with Crippen molar-refractivity contribution in [3.63, 3.8) is 0 Å². The molecule has 1 aliphatic carbocycles. The number of aliphatic hydroxyl groups is 1. The van der Waals surface area contributed by atoms with Gasteiger partial charge in [0.15, 0.2) is 5.60 Å². The lowest BCUT2D eigenvalue weighted by Gasteiger charge is -2.37. The molecule has 1 N–H and O–H groups in total. The van der Waals surface area contributed by atoms with Gasteiger partial charge >= 0.3 is 0 Å². The van der Waals surface area contributed by atoms with Crippen molar-refractivity contribution in [3.05, 3.63) is 71.8 Å². The summed E-state index contributed by atoms with van der Waals surface area (Å²) >= 11 is 0. The molecule has 0 unspecified atom stereocenters. The zero-order valence-electron chi connectivity index (χ0n) is 18.8. The summed E-state index contributed by atoms with van der Waals surface area (Å²) in [7, 11) is 0. The molecule has 1 atom stereocenters. The first-order valence-electron chi connectivity index (χ1n) is 11.8. The van der Waals surface area contributed by atoms with E-state index in [1.54, 1.807) is 0 Å². The topological polar surface area (TPSA) is 20.2 Å². The van der Waals surface area contributed by atoms with Crippen molar-refractivity contribution < 1.29 is 9.59 Å². The Morgan fingerprint density at radius 3 is 2.10 bits per heavy atom. The number of hydrogen-bond donors (Lipinski definition) is 1. The second kappa shape index (κ2) is 10.8. The van der Waals surface area contributed by atoms with E-state index < -0.39 is 5.60 Å². The second-order valence-corrected chi connectivity index (χ2v) is 8.86. The summed E-state index contributed by atoms with van der Waals surface area (Å²) in [6, 6.07) is 20.9. The molecule has 1 saturated carbocycles. The molecule has 0 heterocycles. The smallest absolute Gasteiger partial charge is 0.153 e. The fraction of sp³-hybridized carbons (Fsp3) is 0.500. The highest BCUT2D eigenvalue weighted by Gasteiger charge is 2.37. The molecule has 0 saturated heterocycles. The Morgan fingerprint density at radius 1 is 0.900 bits per heavy atom. The molecule has 2 nitrogen and oxygen atoms in total. The molecule has 2 heteroatoms. The minimum absolute atomic E-state index is 0.238. The average molecular weight is 405 g/mol. The highest BCUT2D eigenvalue weighted by molar-refractivity contribution is 5.33. The molecule has 2 aromatic carbocycles. The van der Waals surface area contributed by atoms with Gasteiger partial charge in [-0.3, -0.25) is 0 Å². The van der Waals surface area contributed by atoms with E-state index >= 15 is 0 Å². The molecule has 1 aliphatic rings. The first-order valence-corrected chi connectivity index (χ1v) is 11.8. The van der Waals surface area contributed by atoms with Gasteiger partial charge in [0.05, 0.1) is 26.1 Å². The van der Waals surface area contributed by atoms with Crippen LogP contribution < -0.4 is 0 Å². The van der Waals surface area contributed by atoms with Crippen LogP contribution in [0.5, 0.6) is 0 Å². The maximum atomic E-state index is 11.7. The Bertz CT molecular complexity index is 810. The summed E-state index contributed by atoms with van der Waals surface area (Å²) in [5.74, 6) is 7.02. The van der Waals surface area contributed by atoms with Crippen molar-refractivity contribution in [2.75, 3.05) is 19.6 Å². The fourth-order valence-electron chi connectivity index (χ4n) is 4.93. The van der Waals surface area contributed by atoms with Crippen molar-refractivity contribution >= 4 is 0 Å². The van der Waals surface area contributed by atoms with E-state index in [1.807, 2.05) is 30.3 Å². The van der Waals surface area contributed by atoms with Crippen LogP contribution in [0.15, 0.2) is 60.7 Å². The van der Waals surface area contributed by atoms with Crippen LogP contribution in [-0.4, -0.2) is 29.2 Å². The zero-order chi connectivity index (χ0) is 21.3. The van der Waals surface area contributed by atoms with Crippen LogP contribution in [0.2, 0.25) is 0 Å². The predicted octanol–water partition coefficient (Wildman–Crippen LogP) is 5.90. The van der Waals surface area contributed by atoms with E-state index in [1.165, 1.54) is 24.8 Å². The van der Waals surface area contributed by atoms with Gasteiger partial charge in [-0.1, -0.05) is 91.8 Å². The molecule has 1 fully saturated rings. The monoisotopic (exact) mass is 404 g/mol. The Kier molecular flexibility index (Phi) is 8.14. The Balaban J connectivity index is 1.75. The van der Waals surface area contributed by atoms with Gasteiger partial charge < -0.3 is 9.59 Å². The number of rotatable bonds is 8. The molecule has 0 spiro atoms. The van der Waals surface area contributed by atoms with Crippen LogP contribution in [0, 0.1) is 17.8 Å². The SMILES string of the molecule is CC[N+](CC)(CCC#C[C@@](O)(c1ccccc1)C1CCCCC1)Cc1ccccc1. The zero-order valence-corrected chi connectivity index (χ0v) is 18.8. The van der Waals surface area contributed by atoms with Crippen LogP contribution >= 0.6 is 0 Å². The van der Waals surface area contributed by atoms with E-state index in [2.05, 4.69) is 56.0 Å². The predicted molar refractivity (Wildman–Crippen MR) is 126 cm³/mol. The molecule has 2 aromatic rings. The summed E-state index contributed by atoms with van der Waals surface area (Å²) in [6.07, 6.45) is 6.63. The van der Waals surface area contributed by atoms with Crippen molar-refractivity contribution in [1.82, 2.24) is 0 Å². The van der Waals surface area contributed by atoms with Crippen molar-refractivity contribution in [1.29, 1.82) is 0 Å². The van der Waals surface area contributed by atoms with Crippen molar-refractivity contribution in [3.8, 4) is 11.8 Å². The normalized spacial score (nSPS) is 17.0. The van der Waals surface area contributed by atoms with E-state index in [0.717, 1.165) is 55.5 Å². The van der Waals surface area contributed by atoms with E-state index in [9.17, 15) is 5.11 Å². The van der Waals surface area contributed by atoms with Crippen molar-refractivity contribution in [2.45, 2.75) is 64.5 Å². The summed E-state index contributed by atoms with van der Waals surface area (Å²) in [6.45, 7) is 8.81. The summed E-state index contributed by atoms with van der Waals surface area (Å²) < 4.78 is 1.03. The summed E-state index contributed by atoms with van der Waals surface area (Å²) in [5, 5.41) is 11.7. The molecule has 3 rings (SSSR count). The first-order chi connectivity index (χ1) is 14.6. The Hall–Kier alpha value is -2.08. The van der Waals surface area contributed by atoms with Gasteiger partial charge in [0, 0.05) is 11.5 Å². The molecule has 0 bridgehead atoms. The maximum Gasteiger partial charge on any atom is 0.153 e. The number of nitrogens with zero attached hydrogens (tertiary/aromatic N) is 1. The summed E-state index contributed by atoms with van der Waals surface area (Å²) in [5.41, 5.74) is 1.33. The molecule has 0 amide bonds. The molecule has 0 aromatic heterocycles. The van der Waals surface area contributed by atoms with Gasteiger partial charge in [0.2, 0.25) is 0 Å². The summed E-state index contributed by atoms with van der Waals surface area (Å²) in [4.78, 5) is 0. The molecular formula is C28H38NO+. The van der Waals surface area contributed by atoms with Crippen LogP contribution in [0.1, 0.15) is 63.5 Å². The quantitative estimate of drug-likeness (QED) is 0.429. The van der Waals surface area contributed by atoms with E-state index in [-0.39, 0.29) is 5.92 Å². The lowest BCUT2D eigenvalue weighted by Crippen LogP contribution is -2.47. The first kappa shape index (κ1) is 22.6. The third-order valence-corrected chi connectivity index (χ3v) is 7.10. The average Bonchev–Trinajstić information content (AvgIpc) is 2.82. The Labute approximate surface area is 183 Å². The van der Waals surface area contributed by atoms with E-state index in [0.29, 0.717) is 0 Å². The third-order valence-electron chi connectivity index (χ3n) is 7.10. The van der Waals surface area contributed by atoms with Crippen LogP contribution in [-0.2, 0) is 12.1 Å². The lowest BCUT2D eigenvalue weighted by atomic mass is 9.73. The lowest BCUT2D eigenvalue weighted by molar-refractivity contribution is -0.937. The molecule has 0 aliphatic heterocycles. The minimum Gasteiger partial charge on any atom is -0.373 e. The second-order valence-electron chi connectivity index (χ2n) is 8.86. The molecule has 0 radical (unpaired) electrons. The maximum absolute atomic E-state index is 11.7. The highest BCUT2D eigenvalue weighted by atomic mass is 16.3. The van der Waals surface area contributed by atoms with Gasteiger partial charge in [-0.25, -0.2) is 0 Å². The van der Waals surface area contributed by atoms with Gasteiger partial charge in [-0.2, -0.15) is 0 Å². The Morgan fingerprint density at radius 2 is 1.50 bits per heavy atom. The van der Waals surface area contributed by atoms with Gasteiger partial charge in [0.25, 0.3) is 0 Å². The van der Waals surface area contributed by atoms with Gasteiger partial charge in [0.1, 0.15) is 6.54 Å². The van der Waals surface area contributed by atoms with E-state index in [4.69, 9.17) is 0 Å². The van der Waals surface area contributed by atoms with Crippen LogP contribution in [0.3, 0.4) is 0 Å². The van der Waals surface area contributed by atoms with Crippen LogP contribution in [0.25, 0.3) is 0 Å². The fourth-order valence-corrected chi connectivity index (χ4v) is 4.93. The van der Waals surface area contributed by atoms with Crippen LogP contribution in [0.4, 0.5) is 0 Å². The standard InChI is InChI=1S/C28H38NO/c1-3-29(4-2,24-25-16-8-5-9-17-25)23-15-14-22-28(30,26-18-10-6-11-19-26)27-20-12-7-13-21-27/h5-6,8-11,16-19,27,30H,3-4,7,12-13,15,20-21,23-24H2,1-2H3/q+1/t28-/m1/s1. The number of benzene rings is 2. The number of quaternary nitrogens is 1. The highest BCUT2D eigenvalue weighted by Crippen LogP contribution is 2.39. The van der Waals surface area contributed by atoms with Crippen molar-refractivity contribution in [2.24, 2.45) is 5.92 Å². The van der Waals surface area contributed by atoms with Gasteiger partial charge in [-0.05, 0) is 32.3 Å². The minimum atomic E-state index is -1.02. The molecule has 160 valence electrons. The number of hydrogen-bond acceptors (Lipinski definition) is 1. The molecular weight excluding hydrogens is 366 g/mol. The largest absolute Gasteiger partial charge is 0.373 e. The van der Waals surface area contributed by atoms with Gasteiger partial charge in [-0.15, -0.1) is 0 Å². The third kappa shape index (κ3) is 5.54. The molecule has 30 heavy (non-hydrogen) atoms.